The molecule has 2 N–H and O–H groups in total. The van der Waals surface area contributed by atoms with Gasteiger partial charge in [-0.15, -0.1) is 0 Å². The van der Waals surface area contributed by atoms with Crippen molar-refractivity contribution in [3.8, 4) is 0 Å². The molecule has 0 fully saturated rings. The molecule has 0 bridgehead atoms. The predicted molar refractivity (Wildman–Crippen MR) is 60.1 cm³/mol. The average Bonchev–Trinajstić information content (AvgIpc) is 2.13. The lowest BCUT2D eigenvalue weighted by atomic mass is 10.1. The van der Waals surface area contributed by atoms with Crippen molar-refractivity contribution in [2.75, 3.05) is 6.61 Å². The Bertz CT molecular complexity index is 658. The highest BCUT2D eigenvalue weighted by Gasteiger charge is 2.24. The van der Waals surface area contributed by atoms with Gasteiger partial charge in [0.2, 0.25) is 0 Å². The molecule has 0 atom stereocenters. The van der Waals surface area contributed by atoms with E-state index in [9.17, 15) is 21.9 Å². The Hall–Kier alpha value is -1.00. The van der Waals surface area contributed by atoms with E-state index in [1.807, 2.05) is 0 Å². The lowest BCUT2D eigenvalue weighted by Crippen LogP contribution is -2.11. The molecule has 18 heavy (non-hydrogen) atoms. The number of rotatable bonds is 4. The van der Waals surface area contributed by atoms with Crippen molar-refractivity contribution >= 4 is 20.2 Å². The zero-order chi connectivity index (χ0) is 14.1. The van der Waals surface area contributed by atoms with Crippen LogP contribution in [0.3, 0.4) is 0 Å². The van der Waals surface area contributed by atoms with E-state index in [4.69, 9.17) is 9.11 Å². The van der Waals surface area contributed by atoms with Crippen LogP contribution in [0.25, 0.3) is 0 Å². The van der Waals surface area contributed by atoms with Crippen LogP contribution in [0.2, 0.25) is 0 Å². The summed E-state index contributed by atoms with van der Waals surface area (Å²) in [5.41, 5.74) is -0.302. The van der Waals surface area contributed by atoms with Crippen molar-refractivity contribution in [1.29, 1.82) is 0 Å². The minimum atomic E-state index is -4.68. The Kier molecular flexibility index (Phi) is 4.13. The van der Waals surface area contributed by atoms with Gasteiger partial charge >= 0.3 is 0 Å². The fourth-order valence-electron chi connectivity index (χ4n) is 1.68. The molecule has 0 amide bonds. The first-order chi connectivity index (χ1) is 8.09. The Labute approximate surface area is 105 Å². The van der Waals surface area contributed by atoms with Crippen molar-refractivity contribution in [3.63, 3.8) is 0 Å². The van der Waals surface area contributed by atoms with E-state index in [1.165, 1.54) is 0 Å². The maximum absolute atomic E-state index is 11.2. The van der Waals surface area contributed by atoms with Crippen LogP contribution in [0, 0.1) is 6.92 Å². The van der Waals surface area contributed by atoms with Crippen LogP contribution in [0.1, 0.15) is 11.1 Å². The van der Waals surface area contributed by atoms with E-state index in [2.05, 4.69) is 0 Å². The Morgan fingerprint density at radius 3 is 2.00 bits per heavy atom. The molecule has 1 aromatic rings. The molecule has 0 spiro atoms. The van der Waals surface area contributed by atoms with Crippen LogP contribution in [0.5, 0.6) is 0 Å². The molecule has 0 aliphatic heterocycles. The lowest BCUT2D eigenvalue weighted by Gasteiger charge is -2.11. The summed E-state index contributed by atoms with van der Waals surface area (Å²) in [5, 5.41) is 10.5. The molecule has 1 rings (SSSR count). The molecule has 1 radical (unpaired) electrons. The van der Waals surface area contributed by atoms with Gasteiger partial charge < -0.3 is 0 Å². The van der Waals surface area contributed by atoms with Crippen LogP contribution < -0.4 is 0 Å². The zero-order valence-electron chi connectivity index (χ0n) is 9.32. The topological polar surface area (TPSA) is 129 Å². The average molecular weight is 295 g/mol. The maximum atomic E-state index is 11.2. The highest BCUT2D eigenvalue weighted by atomic mass is 32.2. The summed E-state index contributed by atoms with van der Waals surface area (Å²) in [5.74, 6) is 0. The van der Waals surface area contributed by atoms with Crippen molar-refractivity contribution in [2.24, 2.45) is 0 Å². The largest absolute Gasteiger partial charge is 0.295 e. The van der Waals surface area contributed by atoms with Gasteiger partial charge in [-0.3, -0.25) is 9.11 Å². The molecule has 0 aliphatic carbocycles. The second-order valence-electron chi connectivity index (χ2n) is 3.58. The standard InChI is InChI=1S/C9H11O7S2/c1-6-8(17(11,12)13)3-2-7(4-5-10)9(6)18(14,15)16/h2-3H,4-5H2,1H3,(H,11,12,13)(H,14,15,16). The van der Waals surface area contributed by atoms with Crippen LogP contribution >= 0.6 is 0 Å². The summed E-state index contributed by atoms with van der Waals surface area (Å²) in [4.78, 5) is -1.27. The van der Waals surface area contributed by atoms with Crippen LogP contribution in [0.15, 0.2) is 21.9 Å². The quantitative estimate of drug-likeness (QED) is 0.776. The van der Waals surface area contributed by atoms with Gasteiger partial charge in [-0.25, -0.2) is 5.11 Å². The van der Waals surface area contributed by atoms with Gasteiger partial charge in [0, 0.05) is 6.42 Å². The third-order valence-electron chi connectivity index (χ3n) is 2.34. The minimum absolute atomic E-state index is 0.0115. The van der Waals surface area contributed by atoms with Gasteiger partial charge in [0.1, 0.15) is 4.90 Å². The third kappa shape index (κ3) is 3.06. The summed E-state index contributed by atoms with van der Waals surface area (Å²) >= 11 is 0. The molecule has 0 unspecified atom stereocenters. The van der Waals surface area contributed by atoms with E-state index in [-0.39, 0.29) is 17.5 Å². The number of hydrogen-bond acceptors (Lipinski definition) is 4. The number of benzene rings is 1. The summed E-state index contributed by atoms with van der Waals surface area (Å²) < 4.78 is 62.4. The molecule has 7 nitrogen and oxygen atoms in total. The van der Waals surface area contributed by atoms with Crippen LogP contribution in [-0.2, 0) is 31.8 Å². The molecule has 0 heterocycles. The Morgan fingerprint density at radius 2 is 1.61 bits per heavy atom. The summed E-state index contributed by atoms with van der Waals surface area (Å²) in [6, 6.07) is 2.07. The van der Waals surface area contributed by atoms with Crippen LogP contribution in [-0.4, -0.2) is 32.5 Å². The molecular weight excluding hydrogens is 284 g/mol. The van der Waals surface area contributed by atoms with Crippen molar-refractivity contribution in [1.82, 2.24) is 0 Å². The molecule has 0 saturated carbocycles. The second kappa shape index (κ2) is 4.94. The molecule has 1 aromatic carbocycles. The summed E-state index contributed by atoms with van der Waals surface area (Å²) in [6.07, 6.45) is -0.179. The molecule has 9 heteroatoms. The van der Waals surface area contributed by atoms with Gasteiger partial charge in [-0.1, -0.05) is 6.07 Å². The van der Waals surface area contributed by atoms with Crippen molar-refractivity contribution in [3.05, 3.63) is 23.3 Å². The van der Waals surface area contributed by atoms with E-state index >= 15 is 0 Å². The predicted octanol–water partition coefficient (Wildman–Crippen LogP) is 0.461. The monoisotopic (exact) mass is 295 g/mol. The summed E-state index contributed by atoms with van der Waals surface area (Å²) in [7, 11) is -9.29. The highest BCUT2D eigenvalue weighted by molar-refractivity contribution is 7.86. The third-order valence-corrected chi connectivity index (χ3v) is 4.43. The lowest BCUT2D eigenvalue weighted by molar-refractivity contribution is 0.196. The molecule has 0 aromatic heterocycles. The molecule has 0 saturated heterocycles. The fraction of sp³-hybridized carbons (Fsp3) is 0.333. The highest BCUT2D eigenvalue weighted by Crippen LogP contribution is 2.26. The summed E-state index contributed by atoms with van der Waals surface area (Å²) in [6.45, 7) is 0.508. The van der Waals surface area contributed by atoms with Crippen LogP contribution in [0.4, 0.5) is 0 Å². The van der Waals surface area contributed by atoms with E-state index in [0.717, 1.165) is 19.1 Å². The maximum Gasteiger partial charge on any atom is 0.295 e. The van der Waals surface area contributed by atoms with Gasteiger partial charge in [0.05, 0.1) is 11.5 Å². The molecule has 0 aliphatic rings. The van der Waals surface area contributed by atoms with Gasteiger partial charge in [-0.2, -0.15) is 16.8 Å². The normalized spacial score (nSPS) is 12.7. The second-order valence-corrected chi connectivity index (χ2v) is 6.33. The zero-order valence-corrected chi connectivity index (χ0v) is 11.0. The first kappa shape index (κ1) is 15.1. The Balaban J connectivity index is 3.72. The first-order valence-electron chi connectivity index (χ1n) is 4.74. The molecular formula is C9H11O7S2. The smallest absolute Gasteiger partial charge is 0.282 e. The van der Waals surface area contributed by atoms with Crippen molar-refractivity contribution < 1.29 is 31.0 Å². The van der Waals surface area contributed by atoms with Gasteiger partial charge in [0.15, 0.2) is 0 Å². The molecule has 101 valence electrons. The number of hydrogen-bond donors (Lipinski definition) is 2. The van der Waals surface area contributed by atoms with E-state index in [1.54, 1.807) is 0 Å². The van der Waals surface area contributed by atoms with Gasteiger partial charge in [0.25, 0.3) is 20.2 Å². The van der Waals surface area contributed by atoms with E-state index in [0.29, 0.717) is 0 Å². The van der Waals surface area contributed by atoms with E-state index < -0.39 is 36.6 Å². The van der Waals surface area contributed by atoms with Gasteiger partial charge in [-0.05, 0) is 24.1 Å². The first-order valence-corrected chi connectivity index (χ1v) is 7.62. The Morgan fingerprint density at radius 1 is 1.06 bits per heavy atom. The minimum Gasteiger partial charge on any atom is -0.282 e. The van der Waals surface area contributed by atoms with Crippen molar-refractivity contribution in [2.45, 2.75) is 23.1 Å². The fourth-order valence-corrected chi connectivity index (χ4v) is 3.47. The SMILES string of the molecule is Cc1c(S(=O)(=O)O)ccc(CC[O])c1S(=O)(=O)O.